The predicted octanol–water partition coefficient (Wildman–Crippen LogP) is 4.36. The number of aryl methyl sites for hydroxylation is 1. The van der Waals surface area contributed by atoms with Crippen LogP contribution < -0.4 is 0 Å². The van der Waals surface area contributed by atoms with Crippen LogP contribution in [-0.4, -0.2) is 29.2 Å². The Balaban J connectivity index is 2.20. The van der Waals surface area contributed by atoms with Crippen molar-refractivity contribution in [2.24, 2.45) is 0 Å². The van der Waals surface area contributed by atoms with E-state index in [-0.39, 0.29) is 11.4 Å². The van der Waals surface area contributed by atoms with Gasteiger partial charge in [-0.05, 0) is 32.0 Å². The van der Waals surface area contributed by atoms with Crippen molar-refractivity contribution in [2.75, 3.05) is 5.75 Å². The highest BCUT2D eigenvalue weighted by molar-refractivity contribution is 7.91. The lowest BCUT2D eigenvalue weighted by Crippen LogP contribution is -2.14. The van der Waals surface area contributed by atoms with Gasteiger partial charge in [0.1, 0.15) is 5.69 Å². The van der Waals surface area contributed by atoms with Crippen LogP contribution in [0, 0.1) is 13.8 Å². The molecule has 0 N–H and O–H groups in total. The van der Waals surface area contributed by atoms with Gasteiger partial charge in [-0.15, -0.1) is 5.10 Å². The van der Waals surface area contributed by atoms with Crippen LogP contribution in [0.5, 0.6) is 0 Å². The van der Waals surface area contributed by atoms with Crippen molar-refractivity contribution < 1.29 is 21.6 Å². The van der Waals surface area contributed by atoms with Crippen LogP contribution in [0.3, 0.4) is 0 Å². The monoisotopic (exact) mass is 409 g/mol. The lowest BCUT2D eigenvalue weighted by atomic mass is 10.1. The molecule has 0 aliphatic heterocycles. The normalized spacial score (nSPS) is 12.4. The molecular formula is C19H18F3N3O2S. The smallest absolute Gasteiger partial charge is 0.224 e. The minimum atomic E-state index is -4.65. The largest absolute Gasteiger partial charge is 0.416 e. The van der Waals surface area contributed by atoms with Gasteiger partial charge in [0.25, 0.3) is 0 Å². The molecule has 0 amide bonds. The molecule has 148 valence electrons. The second kappa shape index (κ2) is 7.05. The zero-order valence-corrected chi connectivity index (χ0v) is 16.3. The van der Waals surface area contributed by atoms with E-state index in [9.17, 15) is 21.6 Å². The van der Waals surface area contributed by atoms with Gasteiger partial charge in [-0.3, -0.25) is 0 Å². The first kappa shape index (κ1) is 20.1. The number of alkyl halides is 3. The maximum atomic E-state index is 13.1. The fraction of sp³-hybridized carbons (Fsp3) is 0.263. The SMILES string of the molecule is CCS(=O)(=O)c1cc(C(F)(F)F)ccc1-n1nnc(-c2ccc(C)cc2)c1C. The van der Waals surface area contributed by atoms with Gasteiger partial charge in [-0.2, -0.15) is 13.2 Å². The van der Waals surface area contributed by atoms with Crippen LogP contribution in [-0.2, 0) is 16.0 Å². The number of nitrogens with zero attached hydrogens (tertiary/aromatic N) is 3. The lowest BCUT2D eigenvalue weighted by Gasteiger charge is -2.14. The number of hydrogen-bond donors (Lipinski definition) is 0. The molecular weight excluding hydrogens is 391 g/mol. The third-order valence-electron chi connectivity index (χ3n) is 4.45. The van der Waals surface area contributed by atoms with Gasteiger partial charge in [0.15, 0.2) is 9.84 Å². The predicted molar refractivity (Wildman–Crippen MR) is 99.0 cm³/mol. The average molecular weight is 409 g/mol. The second-order valence-corrected chi connectivity index (χ2v) is 8.63. The number of benzene rings is 2. The number of hydrogen-bond acceptors (Lipinski definition) is 4. The minimum absolute atomic E-state index is 0.0400. The van der Waals surface area contributed by atoms with Crippen LogP contribution in [0.1, 0.15) is 23.7 Å². The van der Waals surface area contributed by atoms with Crippen LogP contribution in [0.2, 0.25) is 0 Å². The van der Waals surface area contributed by atoms with E-state index in [1.807, 2.05) is 31.2 Å². The van der Waals surface area contributed by atoms with Crippen molar-refractivity contribution in [3.8, 4) is 16.9 Å². The van der Waals surface area contributed by atoms with E-state index in [0.29, 0.717) is 17.5 Å². The molecule has 1 heterocycles. The highest BCUT2D eigenvalue weighted by Crippen LogP contribution is 2.34. The molecule has 0 spiro atoms. The Morgan fingerprint density at radius 2 is 1.68 bits per heavy atom. The molecule has 0 saturated heterocycles. The Bertz CT molecular complexity index is 1120. The van der Waals surface area contributed by atoms with E-state index < -0.39 is 26.5 Å². The van der Waals surface area contributed by atoms with Gasteiger partial charge in [0.05, 0.1) is 27.6 Å². The summed E-state index contributed by atoms with van der Waals surface area (Å²) < 4.78 is 65.5. The molecule has 1 aromatic heterocycles. The molecule has 0 aliphatic carbocycles. The van der Waals surface area contributed by atoms with Crippen molar-refractivity contribution in [3.63, 3.8) is 0 Å². The number of aromatic nitrogens is 3. The van der Waals surface area contributed by atoms with Gasteiger partial charge in [0, 0.05) is 5.56 Å². The van der Waals surface area contributed by atoms with E-state index in [4.69, 9.17) is 0 Å². The molecule has 28 heavy (non-hydrogen) atoms. The van der Waals surface area contributed by atoms with Gasteiger partial charge >= 0.3 is 6.18 Å². The van der Waals surface area contributed by atoms with Gasteiger partial charge in [0.2, 0.25) is 0 Å². The summed E-state index contributed by atoms with van der Waals surface area (Å²) in [6.45, 7) is 5.01. The maximum Gasteiger partial charge on any atom is 0.416 e. The Hall–Kier alpha value is -2.68. The summed E-state index contributed by atoms with van der Waals surface area (Å²) in [5, 5.41) is 8.11. The van der Waals surface area contributed by atoms with Crippen LogP contribution in [0.15, 0.2) is 47.4 Å². The molecule has 3 aromatic rings. The Labute approximate surface area is 160 Å². The second-order valence-electron chi connectivity index (χ2n) is 6.38. The van der Waals surface area contributed by atoms with E-state index in [2.05, 4.69) is 10.3 Å². The van der Waals surface area contributed by atoms with Crippen molar-refractivity contribution in [1.82, 2.24) is 15.0 Å². The Morgan fingerprint density at radius 3 is 2.25 bits per heavy atom. The highest BCUT2D eigenvalue weighted by atomic mass is 32.2. The van der Waals surface area contributed by atoms with Crippen LogP contribution >= 0.6 is 0 Å². The van der Waals surface area contributed by atoms with Crippen molar-refractivity contribution in [2.45, 2.75) is 31.8 Å². The molecule has 3 rings (SSSR count). The molecule has 0 atom stereocenters. The summed E-state index contributed by atoms with van der Waals surface area (Å²) in [6.07, 6.45) is -4.65. The van der Waals surface area contributed by atoms with E-state index in [1.165, 1.54) is 11.6 Å². The standard InChI is InChI=1S/C19H18F3N3O2S/c1-4-28(26,27)17-11-15(19(20,21)22)9-10-16(17)25-13(3)18(23-24-25)14-7-5-12(2)6-8-14/h5-11H,4H2,1-3H3. The number of halogens is 3. The summed E-state index contributed by atoms with van der Waals surface area (Å²) in [5.41, 5.74) is 1.91. The summed E-state index contributed by atoms with van der Waals surface area (Å²) in [7, 11) is -3.93. The molecule has 0 radical (unpaired) electrons. The zero-order chi connectivity index (χ0) is 20.7. The fourth-order valence-corrected chi connectivity index (χ4v) is 3.90. The fourth-order valence-electron chi connectivity index (χ4n) is 2.81. The van der Waals surface area contributed by atoms with Crippen LogP contribution in [0.4, 0.5) is 13.2 Å². The van der Waals surface area contributed by atoms with Crippen molar-refractivity contribution in [3.05, 3.63) is 59.3 Å². The summed E-state index contributed by atoms with van der Waals surface area (Å²) >= 11 is 0. The molecule has 0 saturated carbocycles. The topological polar surface area (TPSA) is 64.8 Å². The number of sulfone groups is 1. The van der Waals surface area contributed by atoms with Crippen molar-refractivity contribution in [1.29, 1.82) is 0 Å². The minimum Gasteiger partial charge on any atom is -0.224 e. The summed E-state index contributed by atoms with van der Waals surface area (Å²) in [5.74, 6) is -0.333. The van der Waals surface area contributed by atoms with Crippen molar-refractivity contribution >= 4 is 9.84 Å². The Kier molecular flexibility index (Phi) is 5.05. The molecule has 0 fully saturated rings. The first-order valence-electron chi connectivity index (χ1n) is 8.48. The first-order valence-corrected chi connectivity index (χ1v) is 10.1. The van der Waals surface area contributed by atoms with E-state index in [1.54, 1.807) is 6.92 Å². The first-order chi connectivity index (χ1) is 13.0. The summed E-state index contributed by atoms with van der Waals surface area (Å²) in [4.78, 5) is -0.423. The van der Waals surface area contributed by atoms with Gasteiger partial charge in [-0.25, -0.2) is 13.1 Å². The van der Waals surface area contributed by atoms with Gasteiger partial charge < -0.3 is 0 Å². The molecule has 5 nitrogen and oxygen atoms in total. The van der Waals surface area contributed by atoms with Crippen LogP contribution in [0.25, 0.3) is 16.9 Å². The third-order valence-corrected chi connectivity index (χ3v) is 6.21. The van der Waals surface area contributed by atoms with E-state index in [0.717, 1.165) is 23.3 Å². The molecule has 0 bridgehead atoms. The molecule has 0 aliphatic rings. The molecule has 0 unspecified atom stereocenters. The lowest BCUT2D eigenvalue weighted by molar-refractivity contribution is -0.137. The molecule has 2 aromatic carbocycles. The highest BCUT2D eigenvalue weighted by Gasteiger charge is 2.33. The number of rotatable bonds is 4. The molecule has 9 heteroatoms. The van der Waals surface area contributed by atoms with E-state index >= 15 is 0 Å². The quantitative estimate of drug-likeness (QED) is 0.642. The van der Waals surface area contributed by atoms with Gasteiger partial charge in [-0.1, -0.05) is 42.0 Å². The summed E-state index contributed by atoms with van der Waals surface area (Å²) in [6, 6.07) is 10.1. The average Bonchev–Trinajstić information content (AvgIpc) is 3.02. The third kappa shape index (κ3) is 3.66. The zero-order valence-electron chi connectivity index (χ0n) is 15.4. The maximum absolute atomic E-state index is 13.1. The Morgan fingerprint density at radius 1 is 1.04 bits per heavy atom.